The van der Waals surface area contributed by atoms with Gasteiger partial charge in [-0.25, -0.2) is 0 Å². The molecule has 0 amide bonds. The highest BCUT2D eigenvalue weighted by atomic mass is 16.5. The topological polar surface area (TPSA) is 46.5 Å². The zero-order valence-electron chi connectivity index (χ0n) is 14.1. The van der Waals surface area contributed by atoms with E-state index >= 15 is 0 Å². The van der Waals surface area contributed by atoms with Crippen molar-refractivity contribution in [2.45, 2.75) is 56.7 Å². The number of ether oxygens (including phenoxy) is 1. The molecule has 0 aliphatic carbocycles. The third-order valence-corrected chi connectivity index (χ3v) is 6.20. The van der Waals surface area contributed by atoms with Crippen LogP contribution >= 0.6 is 0 Å². The fourth-order valence-corrected chi connectivity index (χ4v) is 4.55. The minimum Gasteiger partial charge on any atom is -0.461 e. The van der Waals surface area contributed by atoms with Gasteiger partial charge in [0.15, 0.2) is 0 Å². The molecule has 2 aliphatic heterocycles. The average Bonchev–Trinajstić information content (AvgIpc) is 2.74. The van der Waals surface area contributed by atoms with Crippen molar-refractivity contribution in [3.63, 3.8) is 0 Å². The SMILES string of the molecule is CC[N+]1(C)[C@@H]2CC[C@H]1CC(OC(=O)[C@@H](CO)c1ccccc1)C2. The number of aliphatic hydroxyl groups excluding tert-OH is 1. The fourth-order valence-electron chi connectivity index (χ4n) is 4.55. The number of quaternary nitrogens is 1. The van der Waals surface area contributed by atoms with Crippen LogP contribution in [0, 0.1) is 0 Å². The highest BCUT2D eigenvalue weighted by Gasteiger charge is 2.51. The Labute approximate surface area is 138 Å². The molecule has 126 valence electrons. The second-order valence-electron chi connectivity index (χ2n) is 7.22. The lowest BCUT2D eigenvalue weighted by molar-refractivity contribution is -0.947. The lowest BCUT2D eigenvalue weighted by Crippen LogP contribution is -2.58. The van der Waals surface area contributed by atoms with E-state index < -0.39 is 5.92 Å². The van der Waals surface area contributed by atoms with Crippen LogP contribution < -0.4 is 0 Å². The Balaban J connectivity index is 1.65. The maximum atomic E-state index is 12.5. The second kappa shape index (κ2) is 6.62. The number of hydrogen-bond acceptors (Lipinski definition) is 3. The smallest absolute Gasteiger partial charge is 0.316 e. The molecule has 2 bridgehead atoms. The largest absolute Gasteiger partial charge is 0.461 e. The van der Waals surface area contributed by atoms with Crippen LogP contribution in [0.3, 0.4) is 0 Å². The van der Waals surface area contributed by atoms with Crippen LogP contribution in [0.25, 0.3) is 0 Å². The summed E-state index contributed by atoms with van der Waals surface area (Å²) in [4.78, 5) is 12.5. The summed E-state index contributed by atoms with van der Waals surface area (Å²) in [6.07, 6.45) is 4.41. The molecule has 2 fully saturated rings. The van der Waals surface area contributed by atoms with E-state index in [2.05, 4.69) is 14.0 Å². The Bertz CT molecular complexity index is 531. The van der Waals surface area contributed by atoms with Crippen molar-refractivity contribution in [3.8, 4) is 0 Å². The number of carbonyl (C=O) groups is 1. The van der Waals surface area contributed by atoms with Gasteiger partial charge in [-0.15, -0.1) is 0 Å². The van der Waals surface area contributed by atoms with E-state index in [1.165, 1.54) is 12.8 Å². The first kappa shape index (κ1) is 16.5. The van der Waals surface area contributed by atoms with Gasteiger partial charge in [-0.3, -0.25) is 4.79 Å². The molecule has 2 heterocycles. The number of rotatable bonds is 5. The fraction of sp³-hybridized carbons (Fsp3) is 0.632. The van der Waals surface area contributed by atoms with Gasteiger partial charge in [0, 0.05) is 25.7 Å². The minimum absolute atomic E-state index is 0.00973. The molecule has 4 nitrogen and oxygen atoms in total. The summed E-state index contributed by atoms with van der Waals surface area (Å²) in [6, 6.07) is 10.6. The van der Waals surface area contributed by atoms with Gasteiger partial charge >= 0.3 is 5.97 Å². The Morgan fingerprint density at radius 2 is 1.87 bits per heavy atom. The molecular weight excluding hydrogens is 290 g/mol. The van der Waals surface area contributed by atoms with Crippen molar-refractivity contribution in [1.82, 2.24) is 0 Å². The van der Waals surface area contributed by atoms with Gasteiger partial charge in [0.2, 0.25) is 0 Å². The molecule has 1 aromatic carbocycles. The highest BCUT2D eigenvalue weighted by Crippen LogP contribution is 2.42. The van der Waals surface area contributed by atoms with Crippen LogP contribution in [0.4, 0.5) is 0 Å². The van der Waals surface area contributed by atoms with Crippen molar-refractivity contribution in [1.29, 1.82) is 0 Å². The summed E-state index contributed by atoms with van der Waals surface area (Å²) in [5, 5.41) is 9.61. The molecule has 0 aromatic heterocycles. The maximum absolute atomic E-state index is 12.5. The number of hydrogen-bond donors (Lipinski definition) is 1. The van der Waals surface area contributed by atoms with Crippen LogP contribution in [-0.2, 0) is 9.53 Å². The van der Waals surface area contributed by atoms with Gasteiger partial charge < -0.3 is 14.3 Å². The van der Waals surface area contributed by atoms with Gasteiger partial charge in [0.25, 0.3) is 0 Å². The molecule has 5 atom stereocenters. The van der Waals surface area contributed by atoms with E-state index in [4.69, 9.17) is 4.74 Å². The first-order valence-corrected chi connectivity index (χ1v) is 8.79. The van der Waals surface area contributed by atoms with Gasteiger partial charge in [-0.05, 0) is 12.5 Å². The molecule has 4 heteroatoms. The third-order valence-electron chi connectivity index (χ3n) is 6.20. The zero-order chi connectivity index (χ0) is 16.4. The Kier molecular flexibility index (Phi) is 4.74. The second-order valence-corrected chi connectivity index (χ2v) is 7.22. The molecule has 3 rings (SSSR count). The van der Waals surface area contributed by atoms with Gasteiger partial charge in [0.1, 0.15) is 12.0 Å². The lowest BCUT2D eigenvalue weighted by atomic mass is 9.96. The normalized spacial score (nSPS) is 34.1. The molecule has 2 saturated heterocycles. The first-order valence-electron chi connectivity index (χ1n) is 8.79. The summed E-state index contributed by atoms with van der Waals surface area (Å²) >= 11 is 0. The molecule has 1 aromatic rings. The monoisotopic (exact) mass is 318 g/mol. The molecule has 0 spiro atoms. The van der Waals surface area contributed by atoms with Crippen LogP contribution in [0.2, 0.25) is 0 Å². The number of fused-ring (bicyclic) bond motifs is 2. The highest BCUT2D eigenvalue weighted by molar-refractivity contribution is 5.78. The van der Waals surface area contributed by atoms with E-state index in [-0.39, 0.29) is 18.7 Å². The van der Waals surface area contributed by atoms with Crippen LogP contribution in [0.15, 0.2) is 30.3 Å². The summed E-state index contributed by atoms with van der Waals surface area (Å²) in [5.74, 6) is -0.849. The molecule has 2 unspecified atom stereocenters. The van der Waals surface area contributed by atoms with Crippen molar-refractivity contribution >= 4 is 5.97 Å². The summed E-state index contributed by atoms with van der Waals surface area (Å²) in [5.41, 5.74) is 0.827. The first-order chi connectivity index (χ1) is 11.1. The quantitative estimate of drug-likeness (QED) is 0.670. The third kappa shape index (κ3) is 3.02. The standard InChI is InChI=1S/C19H28NO3/c1-3-20(2)15-9-10-16(20)12-17(11-15)23-19(22)18(13-21)14-7-5-4-6-8-14/h4-8,15-18,21H,3,9-13H2,1-2H3/q+1/t15-,16+,17?,18-,20?/m0/s1. The molecular formula is C19H28NO3+. The zero-order valence-corrected chi connectivity index (χ0v) is 14.1. The Morgan fingerprint density at radius 1 is 1.26 bits per heavy atom. The summed E-state index contributed by atoms with van der Waals surface area (Å²) in [6.45, 7) is 3.21. The summed E-state index contributed by atoms with van der Waals surface area (Å²) < 4.78 is 6.94. The summed E-state index contributed by atoms with van der Waals surface area (Å²) in [7, 11) is 2.35. The van der Waals surface area contributed by atoms with Gasteiger partial charge in [-0.2, -0.15) is 0 Å². The number of esters is 1. The van der Waals surface area contributed by atoms with Crippen molar-refractivity contribution in [2.24, 2.45) is 0 Å². The average molecular weight is 318 g/mol. The van der Waals surface area contributed by atoms with E-state index in [1.54, 1.807) is 0 Å². The van der Waals surface area contributed by atoms with Gasteiger partial charge in [0.05, 0.1) is 32.3 Å². The predicted molar refractivity (Wildman–Crippen MR) is 88.9 cm³/mol. The number of nitrogens with zero attached hydrogens (tertiary/aromatic N) is 1. The van der Waals surface area contributed by atoms with E-state index in [0.29, 0.717) is 12.1 Å². The molecule has 0 radical (unpaired) electrons. The molecule has 1 N–H and O–H groups in total. The van der Waals surface area contributed by atoms with Crippen LogP contribution in [0.1, 0.15) is 44.1 Å². The lowest BCUT2D eigenvalue weighted by Gasteiger charge is -2.46. The van der Waals surface area contributed by atoms with E-state index in [0.717, 1.165) is 29.4 Å². The van der Waals surface area contributed by atoms with Crippen molar-refractivity contribution < 1.29 is 19.1 Å². The van der Waals surface area contributed by atoms with E-state index in [9.17, 15) is 9.90 Å². The Morgan fingerprint density at radius 3 is 2.39 bits per heavy atom. The van der Waals surface area contributed by atoms with Crippen LogP contribution in [0.5, 0.6) is 0 Å². The van der Waals surface area contributed by atoms with E-state index in [1.807, 2.05) is 30.3 Å². The maximum Gasteiger partial charge on any atom is 0.316 e. The van der Waals surface area contributed by atoms with Crippen molar-refractivity contribution in [3.05, 3.63) is 35.9 Å². The van der Waals surface area contributed by atoms with Crippen molar-refractivity contribution in [2.75, 3.05) is 20.2 Å². The molecule has 2 aliphatic rings. The number of carbonyl (C=O) groups excluding carboxylic acids is 1. The Hall–Kier alpha value is -1.39. The number of piperidine rings is 1. The van der Waals surface area contributed by atoms with Gasteiger partial charge in [-0.1, -0.05) is 30.3 Å². The predicted octanol–water partition coefficient (Wildman–Crippen LogP) is 2.47. The number of aliphatic hydroxyl groups is 1. The van der Waals surface area contributed by atoms with Crippen LogP contribution in [-0.4, -0.2) is 53.9 Å². The molecule has 23 heavy (non-hydrogen) atoms. The minimum atomic E-state index is -0.567. The number of benzene rings is 1. The molecule has 0 saturated carbocycles.